The number of hydrogen-bond acceptors (Lipinski definition) is 6. The summed E-state index contributed by atoms with van der Waals surface area (Å²) >= 11 is 0. The van der Waals surface area contributed by atoms with Crippen LogP contribution in [0.3, 0.4) is 0 Å². The van der Waals surface area contributed by atoms with Gasteiger partial charge in [0.1, 0.15) is 11.5 Å². The van der Waals surface area contributed by atoms with Gasteiger partial charge in [0.15, 0.2) is 6.10 Å². The lowest BCUT2D eigenvalue weighted by Gasteiger charge is -2.26. The summed E-state index contributed by atoms with van der Waals surface area (Å²) in [5.74, 6) is 1.17. The number of amides is 2. The van der Waals surface area contributed by atoms with E-state index < -0.39 is 0 Å². The molecule has 0 aliphatic carbocycles. The largest absolute Gasteiger partial charge is 0.497 e. The fraction of sp³-hybridized carbons (Fsp3) is 0.286. The summed E-state index contributed by atoms with van der Waals surface area (Å²) in [4.78, 5) is 23.0. The van der Waals surface area contributed by atoms with E-state index in [2.05, 4.69) is 27.5 Å². The normalized spacial score (nSPS) is 14.4. The summed E-state index contributed by atoms with van der Waals surface area (Å²) in [6.45, 7) is 0.805. The number of hydrogen-bond donors (Lipinski definition) is 1. The molecule has 4 rings (SSSR count). The molecule has 2 amide bonds. The van der Waals surface area contributed by atoms with Crippen molar-refractivity contribution in [2.45, 2.75) is 19.1 Å². The molecule has 8 nitrogen and oxygen atoms in total. The van der Waals surface area contributed by atoms with Crippen LogP contribution in [-0.4, -0.2) is 57.6 Å². The summed E-state index contributed by atoms with van der Waals surface area (Å²) in [5.41, 5.74) is 4.60. The number of methoxy groups -OCH3 is 2. The Kier molecular flexibility index (Phi) is 7.95. The van der Waals surface area contributed by atoms with Crippen LogP contribution in [0.15, 0.2) is 78.0 Å². The average molecular weight is 489 g/mol. The molecular formula is C28H32N4O4. The smallest absolute Gasteiger partial charge is 0.322 e. The molecule has 3 aromatic rings. The molecule has 1 N–H and O–H groups in total. The van der Waals surface area contributed by atoms with Gasteiger partial charge < -0.3 is 29.4 Å². The van der Waals surface area contributed by atoms with Gasteiger partial charge in [0.2, 0.25) is 0 Å². The standard InChI is InChI=1S/C28H32N4O4/c1-31(2)22-12-10-21(11-13-22)26-16-24(36-30-26)19-32(18-20-8-6-5-7-9-20)28(33)29-25-15-14-23(34-3)17-27(25)35-4/h5-15,17,24H,16,18-19H2,1-4H3,(H,29,33). The van der Waals surface area contributed by atoms with Gasteiger partial charge in [0.05, 0.1) is 32.2 Å². The second-order valence-corrected chi connectivity index (χ2v) is 8.77. The topological polar surface area (TPSA) is 75.6 Å². The van der Waals surface area contributed by atoms with Crippen molar-refractivity contribution < 1.29 is 19.1 Å². The average Bonchev–Trinajstić information content (AvgIpc) is 3.37. The van der Waals surface area contributed by atoms with E-state index in [1.54, 1.807) is 37.3 Å². The summed E-state index contributed by atoms with van der Waals surface area (Å²) in [6, 6.07) is 23.1. The van der Waals surface area contributed by atoms with Gasteiger partial charge in [-0.05, 0) is 35.4 Å². The number of ether oxygens (including phenoxy) is 2. The first-order valence-electron chi connectivity index (χ1n) is 11.8. The SMILES string of the molecule is COc1ccc(NC(=O)N(Cc2ccccc2)CC2CC(c3ccc(N(C)C)cc3)=NO2)c(OC)c1. The van der Waals surface area contributed by atoms with Crippen LogP contribution in [0.5, 0.6) is 11.5 Å². The maximum atomic E-state index is 13.4. The third-order valence-electron chi connectivity index (χ3n) is 6.03. The zero-order valence-corrected chi connectivity index (χ0v) is 21.1. The van der Waals surface area contributed by atoms with Crippen LogP contribution < -0.4 is 19.7 Å². The molecule has 1 heterocycles. The monoisotopic (exact) mass is 488 g/mol. The number of nitrogens with zero attached hydrogens (tertiary/aromatic N) is 3. The van der Waals surface area contributed by atoms with Crippen LogP contribution in [0.2, 0.25) is 0 Å². The maximum Gasteiger partial charge on any atom is 0.322 e. The van der Waals surface area contributed by atoms with Crippen molar-refractivity contribution in [3.8, 4) is 11.5 Å². The van der Waals surface area contributed by atoms with Gasteiger partial charge in [-0.3, -0.25) is 0 Å². The highest BCUT2D eigenvalue weighted by Gasteiger charge is 2.27. The highest BCUT2D eigenvalue weighted by atomic mass is 16.6. The Labute approximate surface area is 212 Å². The van der Waals surface area contributed by atoms with E-state index in [9.17, 15) is 4.79 Å². The van der Waals surface area contributed by atoms with E-state index in [1.807, 2.05) is 56.6 Å². The van der Waals surface area contributed by atoms with Crippen LogP contribution >= 0.6 is 0 Å². The molecule has 0 saturated heterocycles. The first-order valence-corrected chi connectivity index (χ1v) is 11.8. The van der Waals surface area contributed by atoms with Crippen molar-refractivity contribution in [1.82, 2.24) is 4.90 Å². The van der Waals surface area contributed by atoms with E-state index in [0.717, 1.165) is 22.5 Å². The second-order valence-electron chi connectivity index (χ2n) is 8.77. The minimum Gasteiger partial charge on any atom is -0.497 e. The zero-order valence-electron chi connectivity index (χ0n) is 21.1. The number of carbonyl (C=O) groups is 1. The number of nitrogens with one attached hydrogen (secondary N) is 1. The Morgan fingerprint density at radius 1 is 1.03 bits per heavy atom. The molecule has 1 aliphatic heterocycles. The number of oxime groups is 1. The number of anilines is 2. The van der Waals surface area contributed by atoms with Gasteiger partial charge in [-0.25, -0.2) is 4.79 Å². The summed E-state index contributed by atoms with van der Waals surface area (Å²) in [5, 5.41) is 7.30. The Hall–Kier alpha value is -4.20. The van der Waals surface area contributed by atoms with Crippen molar-refractivity contribution in [3.63, 3.8) is 0 Å². The predicted octanol–water partition coefficient (Wildman–Crippen LogP) is 5.00. The van der Waals surface area contributed by atoms with E-state index in [-0.39, 0.29) is 12.1 Å². The molecule has 0 fully saturated rings. The number of rotatable bonds is 9. The van der Waals surface area contributed by atoms with E-state index >= 15 is 0 Å². The Morgan fingerprint density at radius 3 is 2.44 bits per heavy atom. The maximum absolute atomic E-state index is 13.4. The molecule has 1 unspecified atom stereocenters. The quantitative estimate of drug-likeness (QED) is 0.459. The molecule has 1 aliphatic rings. The summed E-state index contributed by atoms with van der Waals surface area (Å²) in [6.07, 6.45) is 0.367. The van der Waals surface area contributed by atoms with Gasteiger partial charge in [-0.2, -0.15) is 0 Å². The molecule has 0 spiro atoms. The lowest BCUT2D eigenvalue weighted by molar-refractivity contribution is 0.0608. The molecule has 0 saturated carbocycles. The fourth-order valence-electron chi connectivity index (χ4n) is 4.01. The van der Waals surface area contributed by atoms with E-state index in [1.165, 1.54) is 0 Å². The van der Waals surface area contributed by atoms with Crippen LogP contribution in [0.25, 0.3) is 0 Å². The molecule has 3 aromatic carbocycles. The van der Waals surface area contributed by atoms with Crippen LogP contribution in [0, 0.1) is 0 Å². The van der Waals surface area contributed by atoms with Crippen LogP contribution in [-0.2, 0) is 11.4 Å². The van der Waals surface area contributed by atoms with E-state index in [0.29, 0.717) is 36.7 Å². The third kappa shape index (κ3) is 6.07. The fourth-order valence-corrected chi connectivity index (χ4v) is 4.01. The summed E-state index contributed by atoms with van der Waals surface area (Å²) < 4.78 is 10.7. The van der Waals surface area contributed by atoms with Crippen molar-refractivity contribution in [2.75, 3.05) is 45.1 Å². The highest BCUT2D eigenvalue weighted by Crippen LogP contribution is 2.29. The number of carbonyl (C=O) groups excluding carboxylic acids is 1. The lowest BCUT2D eigenvalue weighted by atomic mass is 10.0. The van der Waals surface area contributed by atoms with Crippen LogP contribution in [0.1, 0.15) is 17.5 Å². The molecule has 1 atom stereocenters. The van der Waals surface area contributed by atoms with Crippen molar-refractivity contribution in [1.29, 1.82) is 0 Å². The van der Waals surface area contributed by atoms with Gasteiger partial charge in [-0.15, -0.1) is 0 Å². The first kappa shape index (κ1) is 24.9. The Bertz CT molecular complexity index is 1200. The highest BCUT2D eigenvalue weighted by molar-refractivity contribution is 6.01. The van der Waals surface area contributed by atoms with Gasteiger partial charge in [-0.1, -0.05) is 47.6 Å². The number of benzene rings is 3. The third-order valence-corrected chi connectivity index (χ3v) is 6.03. The molecule has 188 valence electrons. The second kappa shape index (κ2) is 11.5. The predicted molar refractivity (Wildman–Crippen MR) is 142 cm³/mol. The zero-order chi connectivity index (χ0) is 25.5. The molecule has 0 aromatic heterocycles. The van der Waals surface area contributed by atoms with Crippen molar-refractivity contribution in [3.05, 3.63) is 83.9 Å². The molecule has 36 heavy (non-hydrogen) atoms. The minimum atomic E-state index is -0.255. The molecule has 0 radical (unpaired) electrons. The van der Waals surface area contributed by atoms with Gasteiger partial charge in [0, 0.05) is 38.8 Å². The molecule has 8 heteroatoms. The van der Waals surface area contributed by atoms with Gasteiger partial charge >= 0.3 is 6.03 Å². The first-order chi connectivity index (χ1) is 17.5. The van der Waals surface area contributed by atoms with Gasteiger partial charge in [0.25, 0.3) is 0 Å². The van der Waals surface area contributed by atoms with Crippen molar-refractivity contribution in [2.24, 2.45) is 5.16 Å². The van der Waals surface area contributed by atoms with Crippen LogP contribution in [0.4, 0.5) is 16.2 Å². The Morgan fingerprint density at radius 2 is 1.78 bits per heavy atom. The molecule has 0 bridgehead atoms. The number of urea groups is 1. The van der Waals surface area contributed by atoms with Crippen molar-refractivity contribution >= 4 is 23.1 Å². The Balaban J connectivity index is 1.47. The lowest BCUT2D eigenvalue weighted by Crippen LogP contribution is -2.40. The minimum absolute atomic E-state index is 0.249. The molecular weight excluding hydrogens is 456 g/mol. The summed E-state index contributed by atoms with van der Waals surface area (Å²) in [7, 11) is 7.16. The van der Waals surface area contributed by atoms with E-state index in [4.69, 9.17) is 14.3 Å².